The molecule has 0 spiro atoms. The SMILES string of the molecule is C=C[C@H](N)c1cnc2[nH]cc(I)c2c1. The number of aromatic nitrogens is 2. The summed E-state index contributed by atoms with van der Waals surface area (Å²) in [5, 5.41) is 1.11. The number of hydrogen-bond donors (Lipinski definition) is 2. The van der Waals surface area contributed by atoms with Crippen molar-refractivity contribution in [2.24, 2.45) is 5.73 Å². The van der Waals surface area contributed by atoms with Gasteiger partial charge in [0.2, 0.25) is 0 Å². The molecule has 0 bridgehead atoms. The molecule has 0 saturated heterocycles. The van der Waals surface area contributed by atoms with Gasteiger partial charge in [-0.15, -0.1) is 6.58 Å². The van der Waals surface area contributed by atoms with E-state index in [0.29, 0.717) is 0 Å². The summed E-state index contributed by atoms with van der Waals surface area (Å²) in [6.45, 7) is 3.66. The Morgan fingerprint density at radius 1 is 1.64 bits per heavy atom. The third-order valence-corrected chi connectivity index (χ3v) is 3.03. The van der Waals surface area contributed by atoms with Gasteiger partial charge in [-0.05, 0) is 34.2 Å². The van der Waals surface area contributed by atoms with Gasteiger partial charge in [-0.2, -0.15) is 0 Å². The maximum Gasteiger partial charge on any atom is 0.138 e. The highest BCUT2D eigenvalue weighted by molar-refractivity contribution is 14.1. The Hall–Kier alpha value is -0.880. The second-order valence-corrected chi connectivity index (χ2v) is 4.23. The van der Waals surface area contributed by atoms with Gasteiger partial charge in [0, 0.05) is 27.4 Å². The molecular formula is C10H10IN3. The zero-order valence-electron chi connectivity index (χ0n) is 7.50. The van der Waals surface area contributed by atoms with E-state index < -0.39 is 0 Å². The largest absolute Gasteiger partial charge is 0.345 e. The maximum absolute atomic E-state index is 5.83. The average Bonchev–Trinajstić information content (AvgIpc) is 2.59. The van der Waals surface area contributed by atoms with Crippen molar-refractivity contribution in [3.05, 3.63) is 40.2 Å². The first-order chi connectivity index (χ1) is 6.72. The molecule has 4 heteroatoms. The van der Waals surface area contributed by atoms with E-state index >= 15 is 0 Å². The molecule has 2 aromatic heterocycles. The van der Waals surface area contributed by atoms with Gasteiger partial charge < -0.3 is 10.7 Å². The quantitative estimate of drug-likeness (QED) is 0.660. The topological polar surface area (TPSA) is 54.7 Å². The molecule has 0 unspecified atom stereocenters. The molecule has 0 fully saturated rings. The minimum atomic E-state index is -0.141. The first kappa shape index (κ1) is 9.67. The van der Waals surface area contributed by atoms with Crippen LogP contribution in [0.25, 0.3) is 11.0 Å². The molecule has 2 aromatic rings. The van der Waals surface area contributed by atoms with Crippen LogP contribution < -0.4 is 5.73 Å². The standard InChI is InChI=1S/C10H10IN3/c1-2-9(12)6-3-7-8(11)5-14-10(7)13-4-6/h2-5,9H,1,12H2,(H,13,14)/t9-/m0/s1. The number of rotatable bonds is 2. The minimum Gasteiger partial charge on any atom is -0.345 e. The van der Waals surface area contributed by atoms with E-state index in [2.05, 4.69) is 39.1 Å². The molecule has 3 N–H and O–H groups in total. The van der Waals surface area contributed by atoms with Crippen LogP contribution >= 0.6 is 22.6 Å². The Kier molecular flexibility index (Phi) is 2.56. The lowest BCUT2D eigenvalue weighted by Crippen LogP contribution is -2.06. The summed E-state index contributed by atoms with van der Waals surface area (Å²) in [5.74, 6) is 0. The predicted octanol–water partition coefficient (Wildman–Crippen LogP) is 2.35. The van der Waals surface area contributed by atoms with Crippen LogP contribution in [0.15, 0.2) is 31.1 Å². The summed E-state index contributed by atoms with van der Waals surface area (Å²) in [4.78, 5) is 7.37. The van der Waals surface area contributed by atoms with Crippen molar-refractivity contribution in [3.8, 4) is 0 Å². The smallest absolute Gasteiger partial charge is 0.138 e. The number of halogens is 1. The van der Waals surface area contributed by atoms with Crippen LogP contribution in [-0.2, 0) is 0 Å². The number of nitrogens with one attached hydrogen (secondary N) is 1. The molecule has 2 rings (SSSR count). The third-order valence-electron chi connectivity index (χ3n) is 2.14. The molecule has 0 aliphatic carbocycles. The molecule has 72 valence electrons. The van der Waals surface area contributed by atoms with Gasteiger partial charge in [0.05, 0.1) is 0 Å². The first-order valence-corrected chi connectivity index (χ1v) is 5.31. The van der Waals surface area contributed by atoms with Crippen LogP contribution in [0.2, 0.25) is 0 Å². The Balaban J connectivity index is 2.59. The lowest BCUT2D eigenvalue weighted by Gasteiger charge is -2.05. The molecule has 0 aliphatic heterocycles. The van der Waals surface area contributed by atoms with Crippen molar-refractivity contribution in [2.75, 3.05) is 0 Å². The van der Waals surface area contributed by atoms with Gasteiger partial charge in [0.1, 0.15) is 5.65 Å². The summed E-state index contributed by atoms with van der Waals surface area (Å²) in [6, 6.07) is 1.91. The molecule has 0 radical (unpaired) electrons. The first-order valence-electron chi connectivity index (χ1n) is 4.23. The molecule has 2 heterocycles. The Bertz CT molecular complexity index is 475. The number of aromatic amines is 1. The molecule has 3 nitrogen and oxygen atoms in total. The van der Waals surface area contributed by atoms with E-state index in [4.69, 9.17) is 5.73 Å². The Morgan fingerprint density at radius 2 is 2.43 bits per heavy atom. The summed E-state index contributed by atoms with van der Waals surface area (Å²) in [7, 11) is 0. The van der Waals surface area contributed by atoms with Crippen LogP contribution in [0.3, 0.4) is 0 Å². The van der Waals surface area contributed by atoms with Gasteiger partial charge in [0.15, 0.2) is 0 Å². The van der Waals surface area contributed by atoms with Crippen molar-refractivity contribution < 1.29 is 0 Å². The lowest BCUT2D eigenvalue weighted by atomic mass is 10.1. The zero-order valence-corrected chi connectivity index (χ0v) is 9.65. The highest BCUT2D eigenvalue weighted by Crippen LogP contribution is 2.21. The molecule has 0 aliphatic rings. The molecule has 14 heavy (non-hydrogen) atoms. The normalized spacial score (nSPS) is 13.0. The molecule has 1 atom stereocenters. The summed E-state index contributed by atoms with van der Waals surface area (Å²) < 4.78 is 1.16. The fraction of sp³-hybridized carbons (Fsp3) is 0.100. The molecule has 0 saturated carbocycles. The fourth-order valence-electron chi connectivity index (χ4n) is 1.31. The summed E-state index contributed by atoms with van der Waals surface area (Å²) in [5.41, 5.74) is 7.72. The molecule has 0 aromatic carbocycles. The zero-order chi connectivity index (χ0) is 10.1. The number of hydrogen-bond acceptors (Lipinski definition) is 2. The third kappa shape index (κ3) is 1.55. The number of fused-ring (bicyclic) bond motifs is 1. The van der Waals surface area contributed by atoms with E-state index in [-0.39, 0.29) is 6.04 Å². The van der Waals surface area contributed by atoms with Gasteiger partial charge in [-0.1, -0.05) is 6.08 Å². The van der Waals surface area contributed by atoms with Crippen LogP contribution in [-0.4, -0.2) is 9.97 Å². The van der Waals surface area contributed by atoms with E-state index in [1.807, 2.05) is 12.3 Å². The average molecular weight is 299 g/mol. The van der Waals surface area contributed by atoms with Gasteiger partial charge in [0.25, 0.3) is 0 Å². The summed E-state index contributed by atoms with van der Waals surface area (Å²) >= 11 is 2.27. The van der Waals surface area contributed by atoms with Crippen LogP contribution in [0, 0.1) is 3.57 Å². The number of nitrogens with two attached hydrogens (primary N) is 1. The number of H-pyrrole nitrogens is 1. The predicted molar refractivity (Wildman–Crippen MR) is 65.9 cm³/mol. The second-order valence-electron chi connectivity index (χ2n) is 3.06. The van der Waals surface area contributed by atoms with Gasteiger partial charge in [-0.25, -0.2) is 4.98 Å². The van der Waals surface area contributed by atoms with Crippen molar-refractivity contribution in [1.29, 1.82) is 0 Å². The minimum absolute atomic E-state index is 0.141. The van der Waals surface area contributed by atoms with Crippen LogP contribution in [0.1, 0.15) is 11.6 Å². The summed E-state index contributed by atoms with van der Waals surface area (Å²) in [6.07, 6.45) is 5.42. The van der Waals surface area contributed by atoms with Crippen LogP contribution in [0.4, 0.5) is 0 Å². The monoisotopic (exact) mass is 299 g/mol. The van der Waals surface area contributed by atoms with E-state index in [0.717, 1.165) is 20.2 Å². The van der Waals surface area contributed by atoms with Crippen molar-refractivity contribution in [1.82, 2.24) is 9.97 Å². The number of pyridine rings is 1. The lowest BCUT2D eigenvalue weighted by molar-refractivity contribution is 0.908. The molecular weight excluding hydrogens is 289 g/mol. The van der Waals surface area contributed by atoms with Crippen molar-refractivity contribution >= 4 is 33.6 Å². The Labute approximate surface area is 95.5 Å². The van der Waals surface area contributed by atoms with Gasteiger partial charge >= 0.3 is 0 Å². The highest BCUT2D eigenvalue weighted by Gasteiger charge is 2.06. The van der Waals surface area contributed by atoms with E-state index in [1.165, 1.54) is 0 Å². The van der Waals surface area contributed by atoms with Gasteiger partial charge in [-0.3, -0.25) is 0 Å². The number of nitrogens with zero attached hydrogens (tertiary/aromatic N) is 1. The maximum atomic E-state index is 5.83. The van der Waals surface area contributed by atoms with E-state index in [9.17, 15) is 0 Å². The van der Waals surface area contributed by atoms with Crippen LogP contribution in [0.5, 0.6) is 0 Å². The van der Waals surface area contributed by atoms with Crippen molar-refractivity contribution in [2.45, 2.75) is 6.04 Å². The van der Waals surface area contributed by atoms with Crippen molar-refractivity contribution in [3.63, 3.8) is 0 Å². The fourth-order valence-corrected chi connectivity index (χ4v) is 1.87. The second kappa shape index (κ2) is 3.70. The van der Waals surface area contributed by atoms with E-state index in [1.54, 1.807) is 12.3 Å². The Morgan fingerprint density at radius 3 is 3.14 bits per heavy atom. The highest BCUT2D eigenvalue weighted by atomic mass is 127. The molecule has 0 amide bonds.